The van der Waals surface area contributed by atoms with E-state index in [-0.39, 0.29) is 0 Å². The predicted octanol–water partition coefficient (Wildman–Crippen LogP) is 6.08. The number of hydrogen-bond acceptors (Lipinski definition) is 0. The van der Waals surface area contributed by atoms with Crippen LogP contribution in [0.25, 0.3) is 10.8 Å². The third-order valence-electron chi connectivity index (χ3n) is 6.46. The van der Waals surface area contributed by atoms with Crippen molar-refractivity contribution in [2.45, 2.75) is 58.8 Å². The van der Waals surface area contributed by atoms with Crippen LogP contribution in [0.2, 0.25) is 0 Å². The van der Waals surface area contributed by atoms with Gasteiger partial charge < -0.3 is 0 Å². The molecule has 22 heavy (non-hydrogen) atoms. The molecule has 2 bridgehead atoms. The highest BCUT2D eigenvalue weighted by atomic mass is 14.4. The highest BCUT2D eigenvalue weighted by Crippen LogP contribution is 2.44. The fourth-order valence-corrected chi connectivity index (χ4v) is 4.92. The molecule has 1 saturated carbocycles. The average molecular weight is 292 g/mol. The summed E-state index contributed by atoms with van der Waals surface area (Å²) in [5.74, 6) is 2.96. The molecule has 0 aromatic heterocycles. The van der Waals surface area contributed by atoms with Gasteiger partial charge in [0.15, 0.2) is 0 Å². The van der Waals surface area contributed by atoms with Crippen molar-refractivity contribution in [1.82, 2.24) is 0 Å². The Morgan fingerprint density at radius 2 is 1.77 bits per heavy atom. The molecule has 0 radical (unpaired) electrons. The summed E-state index contributed by atoms with van der Waals surface area (Å²) in [7, 11) is 0. The molecule has 2 aromatic carbocycles. The minimum absolute atomic E-state index is 0.910. The van der Waals surface area contributed by atoms with Gasteiger partial charge in [-0.05, 0) is 90.7 Å². The lowest BCUT2D eigenvalue weighted by atomic mass is 9.66. The molecule has 0 spiro atoms. The van der Waals surface area contributed by atoms with Crippen molar-refractivity contribution in [1.29, 1.82) is 0 Å². The molecule has 2 aromatic rings. The second-order valence-corrected chi connectivity index (χ2v) is 7.88. The lowest BCUT2D eigenvalue weighted by molar-refractivity contribution is 0.119. The first-order valence-corrected chi connectivity index (χ1v) is 9.22. The van der Waals surface area contributed by atoms with Gasteiger partial charge in [0.05, 0.1) is 0 Å². The van der Waals surface area contributed by atoms with Crippen LogP contribution in [-0.4, -0.2) is 0 Å². The van der Waals surface area contributed by atoms with Crippen LogP contribution in [-0.2, 0) is 12.8 Å². The Hall–Kier alpha value is -1.30. The largest absolute Gasteiger partial charge is 0.0622 e. The van der Waals surface area contributed by atoms with Crippen LogP contribution in [0.1, 0.15) is 55.7 Å². The van der Waals surface area contributed by atoms with Crippen molar-refractivity contribution in [3.05, 3.63) is 47.0 Å². The van der Waals surface area contributed by atoms with Gasteiger partial charge >= 0.3 is 0 Å². The molecule has 0 saturated heterocycles. The molecule has 3 aliphatic carbocycles. The molecule has 5 rings (SSSR count). The topological polar surface area (TPSA) is 0 Å². The molecule has 3 aliphatic rings. The van der Waals surface area contributed by atoms with E-state index in [4.69, 9.17) is 0 Å². The van der Waals surface area contributed by atoms with Crippen LogP contribution >= 0.6 is 0 Å². The molecule has 0 heterocycles. The number of hydrogen-bond donors (Lipinski definition) is 0. The van der Waals surface area contributed by atoms with E-state index in [2.05, 4.69) is 44.2 Å². The van der Waals surface area contributed by atoms with Crippen molar-refractivity contribution in [2.75, 3.05) is 0 Å². The predicted molar refractivity (Wildman–Crippen MR) is 95.3 cm³/mol. The van der Waals surface area contributed by atoms with Gasteiger partial charge in [-0.15, -0.1) is 0 Å². The summed E-state index contributed by atoms with van der Waals surface area (Å²) >= 11 is 0. The number of fused-ring (bicyclic) bond motifs is 5. The zero-order valence-corrected chi connectivity index (χ0v) is 14.1. The van der Waals surface area contributed by atoms with Crippen LogP contribution < -0.4 is 0 Å². The van der Waals surface area contributed by atoms with Crippen LogP contribution in [0.15, 0.2) is 30.3 Å². The molecule has 0 N–H and O–H groups in total. The van der Waals surface area contributed by atoms with Crippen molar-refractivity contribution >= 4 is 10.8 Å². The number of benzene rings is 2. The van der Waals surface area contributed by atoms with E-state index < -0.39 is 0 Å². The molecule has 0 amide bonds. The van der Waals surface area contributed by atoms with E-state index in [1.54, 1.807) is 11.1 Å². The van der Waals surface area contributed by atoms with Crippen LogP contribution in [0.3, 0.4) is 0 Å². The molecule has 1 unspecified atom stereocenters. The Balaban J connectivity index is 1.77. The molecule has 1 fully saturated rings. The maximum absolute atomic E-state index is 2.49. The minimum atomic E-state index is 0.910. The van der Waals surface area contributed by atoms with Gasteiger partial charge in [0.25, 0.3) is 0 Å². The summed E-state index contributed by atoms with van der Waals surface area (Å²) in [5.41, 5.74) is 4.86. The molecule has 0 nitrogen and oxygen atoms in total. The Labute approximate surface area is 134 Å². The van der Waals surface area contributed by atoms with E-state index in [0.29, 0.717) is 0 Å². The van der Waals surface area contributed by atoms with Crippen molar-refractivity contribution < 1.29 is 0 Å². The lowest BCUT2D eigenvalue weighted by Gasteiger charge is -2.39. The first kappa shape index (κ1) is 14.3. The second-order valence-electron chi connectivity index (χ2n) is 7.88. The zero-order chi connectivity index (χ0) is 15.1. The van der Waals surface area contributed by atoms with E-state index >= 15 is 0 Å². The van der Waals surface area contributed by atoms with Crippen LogP contribution in [0.5, 0.6) is 0 Å². The lowest BCUT2D eigenvalue weighted by Crippen LogP contribution is -2.29. The number of aryl methyl sites for hydroxylation is 2. The summed E-state index contributed by atoms with van der Waals surface area (Å²) in [6.07, 6.45) is 9.80. The van der Waals surface area contributed by atoms with Gasteiger partial charge in [-0.1, -0.05) is 43.7 Å². The van der Waals surface area contributed by atoms with Crippen LogP contribution in [0.4, 0.5) is 0 Å². The molecule has 116 valence electrons. The SMILES string of the molecule is Cc1cc2ccccc2c2c1CCC(C)C1CC(CCC2)C1. The first-order valence-electron chi connectivity index (χ1n) is 9.22. The summed E-state index contributed by atoms with van der Waals surface area (Å²) in [4.78, 5) is 0. The second kappa shape index (κ2) is 5.72. The Kier molecular flexibility index (Phi) is 3.72. The van der Waals surface area contributed by atoms with E-state index in [9.17, 15) is 0 Å². The van der Waals surface area contributed by atoms with E-state index in [1.807, 2.05) is 0 Å². The first-order chi connectivity index (χ1) is 10.7. The molecule has 1 atom stereocenters. The monoisotopic (exact) mass is 292 g/mol. The smallest absolute Gasteiger partial charge is 0.0149 e. The Bertz CT molecular complexity index is 676. The summed E-state index contributed by atoms with van der Waals surface area (Å²) in [6.45, 7) is 4.82. The average Bonchev–Trinajstić information content (AvgIpc) is 2.52. The summed E-state index contributed by atoms with van der Waals surface area (Å²) in [6, 6.07) is 11.4. The third-order valence-corrected chi connectivity index (χ3v) is 6.46. The van der Waals surface area contributed by atoms with E-state index in [1.165, 1.54) is 61.3 Å². The van der Waals surface area contributed by atoms with Gasteiger partial charge in [-0.2, -0.15) is 0 Å². The van der Waals surface area contributed by atoms with Gasteiger partial charge in [0, 0.05) is 0 Å². The van der Waals surface area contributed by atoms with Crippen LogP contribution in [0, 0.1) is 24.7 Å². The van der Waals surface area contributed by atoms with Crippen molar-refractivity contribution in [2.24, 2.45) is 17.8 Å². The molecular weight excluding hydrogens is 264 g/mol. The van der Waals surface area contributed by atoms with Gasteiger partial charge in [0.1, 0.15) is 0 Å². The highest BCUT2D eigenvalue weighted by Gasteiger charge is 2.32. The van der Waals surface area contributed by atoms with Crippen molar-refractivity contribution in [3.8, 4) is 0 Å². The number of rotatable bonds is 0. The molecular formula is C22H28. The van der Waals surface area contributed by atoms with Crippen molar-refractivity contribution in [3.63, 3.8) is 0 Å². The van der Waals surface area contributed by atoms with E-state index in [0.717, 1.165) is 17.8 Å². The summed E-state index contributed by atoms with van der Waals surface area (Å²) < 4.78 is 0. The van der Waals surface area contributed by atoms with Gasteiger partial charge in [-0.3, -0.25) is 0 Å². The van der Waals surface area contributed by atoms with Gasteiger partial charge in [-0.25, -0.2) is 0 Å². The fourth-order valence-electron chi connectivity index (χ4n) is 4.92. The standard InChI is InChI=1S/C22H28/c1-15-10-11-20-16(2)12-18-7-3-4-8-21(18)22(20)9-5-6-17-13-19(15)14-17/h3-4,7-8,12,15,17,19H,5-6,9-11,13-14H2,1-2H3. The molecule has 0 aliphatic heterocycles. The normalized spacial score (nSPS) is 28.5. The maximum Gasteiger partial charge on any atom is -0.0149 e. The quantitative estimate of drug-likeness (QED) is 0.552. The molecule has 0 heteroatoms. The Morgan fingerprint density at radius 1 is 0.955 bits per heavy atom. The maximum atomic E-state index is 2.49. The van der Waals surface area contributed by atoms with Gasteiger partial charge in [0.2, 0.25) is 0 Å². The minimum Gasteiger partial charge on any atom is -0.0622 e. The Morgan fingerprint density at radius 3 is 2.64 bits per heavy atom. The zero-order valence-electron chi connectivity index (χ0n) is 14.1. The summed E-state index contributed by atoms with van der Waals surface area (Å²) in [5, 5.41) is 2.95. The highest BCUT2D eigenvalue weighted by molar-refractivity contribution is 5.87. The third kappa shape index (κ3) is 2.47. The fraction of sp³-hybridized carbons (Fsp3) is 0.545.